The normalized spacial score (nSPS) is 12.4. The molecule has 0 saturated heterocycles. The molecule has 1 N–H and O–H groups in total. The molecule has 1 heterocycles. The topological polar surface area (TPSA) is 60.7 Å². The number of ether oxygens (including phenoxy) is 1. The molecule has 5 nitrogen and oxygen atoms in total. The van der Waals surface area contributed by atoms with Gasteiger partial charge in [-0.25, -0.2) is 4.89 Å². The number of carbonyl (C=O) groups is 1. The summed E-state index contributed by atoms with van der Waals surface area (Å²) in [6, 6.07) is 17.0. The van der Waals surface area contributed by atoms with Gasteiger partial charge in [-0.1, -0.05) is 74.0 Å². The highest BCUT2D eigenvalue weighted by Gasteiger charge is 2.15. The molecular formula is C26H28ClNO4. The maximum atomic E-state index is 13.0. The van der Waals surface area contributed by atoms with E-state index < -0.39 is 0 Å². The minimum atomic E-state index is -0.274. The first-order valence-electron chi connectivity index (χ1n) is 10.6. The van der Waals surface area contributed by atoms with Crippen LogP contribution in [0.15, 0.2) is 66.9 Å². The monoisotopic (exact) mass is 453 g/mol. The van der Waals surface area contributed by atoms with Gasteiger partial charge < -0.3 is 9.30 Å². The molecule has 1 aromatic heterocycles. The molecular weight excluding hydrogens is 426 g/mol. The molecule has 168 valence electrons. The molecule has 0 aliphatic carbocycles. The van der Waals surface area contributed by atoms with Crippen molar-refractivity contribution < 1.29 is 19.7 Å². The molecule has 0 aliphatic heterocycles. The second-order valence-corrected chi connectivity index (χ2v) is 8.44. The summed E-state index contributed by atoms with van der Waals surface area (Å²) >= 11 is 6.21. The van der Waals surface area contributed by atoms with Crippen LogP contribution in [0.3, 0.4) is 0 Å². The third kappa shape index (κ3) is 6.33. The van der Waals surface area contributed by atoms with E-state index in [0.717, 1.165) is 5.56 Å². The molecule has 0 aliphatic rings. The van der Waals surface area contributed by atoms with Crippen LogP contribution in [-0.4, -0.2) is 28.3 Å². The number of hydrogen-bond acceptors (Lipinski definition) is 4. The van der Waals surface area contributed by atoms with Gasteiger partial charge in [-0.15, -0.1) is 0 Å². The first-order valence-corrected chi connectivity index (χ1v) is 10.9. The summed E-state index contributed by atoms with van der Waals surface area (Å²) in [5.41, 5.74) is 3.34. The number of rotatable bonds is 10. The molecule has 1 atom stereocenters. The Morgan fingerprint density at radius 1 is 1.12 bits per heavy atom. The number of allylic oxidation sites excluding steroid dienone is 1. The molecule has 2 aromatic carbocycles. The number of ketones is 1. The van der Waals surface area contributed by atoms with Crippen molar-refractivity contribution in [2.45, 2.75) is 39.3 Å². The van der Waals surface area contributed by atoms with Crippen molar-refractivity contribution in [3.05, 3.63) is 94.3 Å². The summed E-state index contributed by atoms with van der Waals surface area (Å²) in [6.45, 7) is 6.65. The van der Waals surface area contributed by atoms with E-state index in [1.54, 1.807) is 12.3 Å². The molecule has 0 fully saturated rings. The molecule has 0 spiro atoms. The predicted molar refractivity (Wildman–Crippen MR) is 128 cm³/mol. The maximum absolute atomic E-state index is 13.0. The van der Waals surface area contributed by atoms with E-state index in [2.05, 4.69) is 18.7 Å². The van der Waals surface area contributed by atoms with E-state index in [4.69, 9.17) is 21.6 Å². The fourth-order valence-electron chi connectivity index (χ4n) is 3.35. The van der Waals surface area contributed by atoms with Crippen LogP contribution < -0.4 is 4.74 Å². The molecule has 0 unspecified atom stereocenters. The lowest BCUT2D eigenvalue weighted by molar-refractivity contribution is -0.253. The molecule has 6 heteroatoms. The molecule has 3 aromatic rings. The van der Waals surface area contributed by atoms with Crippen molar-refractivity contribution in [3.63, 3.8) is 0 Å². The average molecular weight is 454 g/mol. The second kappa shape index (κ2) is 11.1. The summed E-state index contributed by atoms with van der Waals surface area (Å²) in [6.07, 6.45) is 5.41. The SMILES string of the molecule is CC(C)c1ccc(C(=O)c2cc(Cl)cn2C/C=C/c2cccc(O[C@@H](C)COO)c2)cc1. The molecule has 0 radical (unpaired) electrons. The lowest BCUT2D eigenvalue weighted by Gasteiger charge is -2.13. The van der Waals surface area contributed by atoms with Crippen LogP contribution in [0.5, 0.6) is 5.75 Å². The number of nitrogens with zero attached hydrogens (tertiary/aromatic N) is 1. The average Bonchev–Trinajstić information content (AvgIpc) is 3.14. The van der Waals surface area contributed by atoms with Crippen LogP contribution in [0.25, 0.3) is 6.08 Å². The van der Waals surface area contributed by atoms with Gasteiger partial charge >= 0.3 is 0 Å². The first kappa shape index (κ1) is 23.8. The smallest absolute Gasteiger partial charge is 0.209 e. The Labute approximate surface area is 193 Å². The van der Waals surface area contributed by atoms with Crippen molar-refractivity contribution in [1.29, 1.82) is 0 Å². The molecule has 0 saturated carbocycles. The highest BCUT2D eigenvalue weighted by molar-refractivity contribution is 6.31. The summed E-state index contributed by atoms with van der Waals surface area (Å²) in [5.74, 6) is 1.04. The quantitative estimate of drug-likeness (QED) is 0.217. The van der Waals surface area contributed by atoms with Crippen molar-refractivity contribution in [3.8, 4) is 5.75 Å². The third-order valence-corrected chi connectivity index (χ3v) is 5.26. The van der Waals surface area contributed by atoms with Crippen molar-refractivity contribution in [2.24, 2.45) is 0 Å². The van der Waals surface area contributed by atoms with Gasteiger partial charge in [-0.2, -0.15) is 0 Å². The molecule has 0 amide bonds. The number of halogens is 1. The molecule has 32 heavy (non-hydrogen) atoms. The summed E-state index contributed by atoms with van der Waals surface area (Å²) < 4.78 is 7.55. The van der Waals surface area contributed by atoms with E-state index in [0.29, 0.717) is 34.5 Å². The molecule has 0 bridgehead atoms. The number of aromatic nitrogens is 1. The van der Waals surface area contributed by atoms with Crippen LogP contribution in [0.4, 0.5) is 0 Å². The van der Waals surface area contributed by atoms with Gasteiger partial charge in [0.1, 0.15) is 18.5 Å². The van der Waals surface area contributed by atoms with Gasteiger partial charge in [0.25, 0.3) is 0 Å². The summed E-state index contributed by atoms with van der Waals surface area (Å²) in [5, 5.41) is 9.06. The second-order valence-electron chi connectivity index (χ2n) is 8.00. The van der Waals surface area contributed by atoms with Gasteiger partial charge in [0.15, 0.2) is 0 Å². The highest BCUT2D eigenvalue weighted by Crippen LogP contribution is 2.21. The van der Waals surface area contributed by atoms with Gasteiger partial charge in [-0.3, -0.25) is 10.1 Å². The lowest BCUT2D eigenvalue weighted by Crippen LogP contribution is -2.18. The Bertz CT molecular complexity index is 1070. The van der Waals surface area contributed by atoms with E-state index in [1.807, 2.05) is 72.2 Å². The fraction of sp³-hybridized carbons (Fsp3) is 0.269. The zero-order valence-electron chi connectivity index (χ0n) is 18.5. The Morgan fingerprint density at radius 2 is 1.88 bits per heavy atom. The largest absolute Gasteiger partial charge is 0.488 e. The van der Waals surface area contributed by atoms with Crippen molar-refractivity contribution in [1.82, 2.24) is 4.57 Å². The Morgan fingerprint density at radius 3 is 2.56 bits per heavy atom. The number of benzene rings is 2. The fourth-order valence-corrected chi connectivity index (χ4v) is 3.57. The van der Waals surface area contributed by atoms with Crippen LogP contribution in [-0.2, 0) is 11.4 Å². The van der Waals surface area contributed by atoms with E-state index >= 15 is 0 Å². The zero-order valence-corrected chi connectivity index (χ0v) is 19.3. The highest BCUT2D eigenvalue weighted by atomic mass is 35.5. The lowest BCUT2D eigenvalue weighted by atomic mass is 10.00. The van der Waals surface area contributed by atoms with Crippen LogP contribution >= 0.6 is 11.6 Å². The molecule has 3 rings (SSSR count). The van der Waals surface area contributed by atoms with Gasteiger partial charge in [0.05, 0.1) is 10.7 Å². The Hall–Kier alpha value is -2.86. The Balaban J connectivity index is 1.71. The standard InChI is InChI=1S/C26H28ClNO4/c1-18(2)21-9-11-22(12-10-21)26(29)25-15-23(27)16-28(25)13-5-7-20-6-4-8-24(14-20)32-19(3)17-31-30/h4-12,14-16,18-19,30H,13,17H2,1-3H3/b7-5+/t19-/m0/s1. The predicted octanol–water partition coefficient (Wildman–Crippen LogP) is 6.47. The van der Waals surface area contributed by atoms with Crippen LogP contribution in [0, 0.1) is 0 Å². The number of hydrogen-bond donors (Lipinski definition) is 1. The third-order valence-electron chi connectivity index (χ3n) is 5.05. The first-order chi connectivity index (χ1) is 15.4. The minimum absolute atomic E-state index is 0.0592. The van der Waals surface area contributed by atoms with E-state index in [-0.39, 0.29) is 18.5 Å². The van der Waals surface area contributed by atoms with Crippen LogP contribution in [0.2, 0.25) is 5.02 Å². The number of carbonyl (C=O) groups excluding carboxylic acids is 1. The van der Waals surface area contributed by atoms with Crippen molar-refractivity contribution >= 4 is 23.5 Å². The van der Waals surface area contributed by atoms with Gasteiger partial charge in [0.2, 0.25) is 5.78 Å². The zero-order chi connectivity index (χ0) is 23.1. The van der Waals surface area contributed by atoms with Crippen LogP contribution in [0.1, 0.15) is 53.9 Å². The Kier molecular flexibility index (Phi) is 8.28. The summed E-state index contributed by atoms with van der Waals surface area (Å²) in [4.78, 5) is 17.2. The van der Waals surface area contributed by atoms with Gasteiger partial charge in [-0.05, 0) is 42.2 Å². The van der Waals surface area contributed by atoms with Gasteiger partial charge in [0, 0.05) is 18.3 Å². The summed E-state index contributed by atoms with van der Waals surface area (Å²) in [7, 11) is 0. The maximum Gasteiger partial charge on any atom is 0.209 e. The van der Waals surface area contributed by atoms with Crippen molar-refractivity contribution in [2.75, 3.05) is 6.61 Å². The van der Waals surface area contributed by atoms with E-state index in [9.17, 15) is 4.79 Å². The van der Waals surface area contributed by atoms with E-state index in [1.165, 1.54) is 5.56 Å². The minimum Gasteiger partial charge on any atom is -0.488 e.